The highest BCUT2D eigenvalue weighted by Crippen LogP contribution is 2.21. The smallest absolute Gasteiger partial charge is 0.240 e. The Balaban J connectivity index is 1.88. The van der Waals surface area contributed by atoms with Crippen molar-refractivity contribution in [1.29, 1.82) is 0 Å². The van der Waals surface area contributed by atoms with Crippen LogP contribution < -0.4 is 10.2 Å². The van der Waals surface area contributed by atoms with Gasteiger partial charge in [0.05, 0.1) is 0 Å². The van der Waals surface area contributed by atoms with Crippen LogP contribution in [0.5, 0.6) is 0 Å². The minimum atomic E-state index is -0.295. The lowest BCUT2D eigenvalue weighted by molar-refractivity contribution is -0.123. The fraction of sp³-hybridized carbons (Fsp3) is 0.312. The van der Waals surface area contributed by atoms with E-state index >= 15 is 0 Å². The second-order valence-electron chi connectivity index (χ2n) is 5.24. The van der Waals surface area contributed by atoms with Gasteiger partial charge in [-0.2, -0.15) is 0 Å². The molecule has 0 aliphatic heterocycles. The molecular weight excluding hydrogens is 353 g/mol. The zero-order valence-electron chi connectivity index (χ0n) is 13.3. The Hall–Kier alpha value is -2.05. The van der Waals surface area contributed by atoms with E-state index < -0.39 is 0 Å². The fourth-order valence-corrected chi connectivity index (χ4v) is 2.60. The molecule has 1 N–H and O–H groups in total. The van der Waals surface area contributed by atoms with E-state index in [0.29, 0.717) is 34.6 Å². The van der Waals surface area contributed by atoms with E-state index in [4.69, 9.17) is 27.7 Å². The molecule has 128 valence electrons. The Kier molecular flexibility index (Phi) is 6.23. The number of nitrogens with zero attached hydrogens (tertiary/aromatic N) is 2. The van der Waals surface area contributed by atoms with Crippen LogP contribution in [0.15, 0.2) is 28.8 Å². The van der Waals surface area contributed by atoms with Crippen LogP contribution in [0.2, 0.25) is 10.0 Å². The number of carbonyl (C=O) groups is 2. The second kappa shape index (κ2) is 8.17. The van der Waals surface area contributed by atoms with Gasteiger partial charge >= 0.3 is 0 Å². The topological polar surface area (TPSA) is 75.4 Å². The van der Waals surface area contributed by atoms with Gasteiger partial charge in [-0.05, 0) is 31.0 Å². The van der Waals surface area contributed by atoms with Crippen molar-refractivity contribution in [2.75, 3.05) is 18.0 Å². The zero-order valence-corrected chi connectivity index (χ0v) is 14.8. The molecule has 0 saturated carbocycles. The number of anilines is 1. The predicted octanol–water partition coefficient (Wildman–Crippen LogP) is 3.00. The van der Waals surface area contributed by atoms with Gasteiger partial charge in [-0.3, -0.25) is 14.5 Å². The monoisotopic (exact) mass is 369 g/mol. The van der Waals surface area contributed by atoms with Gasteiger partial charge in [-0.1, -0.05) is 34.4 Å². The summed E-state index contributed by atoms with van der Waals surface area (Å²) in [6, 6.07) is 6.82. The van der Waals surface area contributed by atoms with Crippen LogP contribution in [0.3, 0.4) is 0 Å². The quantitative estimate of drug-likeness (QED) is 0.848. The van der Waals surface area contributed by atoms with Crippen LogP contribution in [0.1, 0.15) is 18.2 Å². The number of benzene rings is 1. The highest BCUT2D eigenvalue weighted by Gasteiger charge is 2.18. The number of aryl methyl sites for hydroxylation is 1. The maximum absolute atomic E-state index is 12.0. The van der Waals surface area contributed by atoms with E-state index in [1.165, 1.54) is 11.8 Å². The normalized spacial score (nSPS) is 10.5. The number of amides is 2. The van der Waals surface area contributed by atoms with Crippen molar-refractivity contribution in [2.24, 2.45) is 0 Å². The standard InChI is InChI=1S/C16H17Cl2N3O3/c1-10-7-15(20-24-10)21(11(2)22)9-16(23)19-6-5-12-3-4-13(17)8-14(12)18/h3-4,7-8H,5-6,9H2,1-2H3,(H,19,23). The van der Waals surface area contributed by atoms with Crippen molar-refractivity contribution in [3.05, 3.63) is 45.6 Å². The number of nitrogens with one attached hydrogen (secondary N) is 1. The van der Waals surface area contributed by atoms with Crippen LogP contribution >= 0.6 is 23.2 Å². The number of hydrogen-bond acceptors (Lipinski definition) is 4. The van der Waals surface area contributed by atoms with Crippen LogP contribution in [-0.2, 0) is 16.0 Å². The van der Waals surface area contributed by atoms with Crippen molar-refractivity contribution in [1.82, 2.24) is 10.5 Å². The lowest BCUT2D eigenvalue weighted by Gasteiger charge is -2.17. The summed E-state index contributed by atoms with van der Waals surface area (Å²) in [7, 11) is 0. The number of hydrogen-bond donors (Lipinski definition) is 1. The Labute approximate surface area is 149 Å². The minimum absolute atomic E-state index is 0.129. The second-order valence-corrected chi connectivity index (χ2v) is 6.08. The number of rotatable bonds is 6. The molecule has 2 amide bonds. The highest BCUT2D eigenvalue weighted by atomic mass is 35.5. The molecule has 6 nitrogen and oxygen atoms in total. The van der Waals surface area contributed by atoms with E-state index in [1.54, 1.807) is 25.1 Å². The van der Waals surface area contributed by atoms with Gasteiger partial charge in [0.1, 0.15) is 12.3 Å². The third-order valence-electron chi connectivity index (χ3n) is 3.31. The Morgan fingerprint density at radius 3 is 2.62 bits per heavy atom. The maximum Gasteiger partial charge on any atom is 0.240 e. The zero-order chi connectivity index (χ0) is 17.7. The molecule has 0 atom stereocenters. The molecule has 0 fully saturated rings. The van der Waals surface area contributed by atoms with E-state index in [2.05, 4.69) is 10.5 Å². The predicted molar refractivity (Wildman–Crippen MR) is 92.4 cm³/mol. The van der Waals surface area contributed by atoms with Crippen LogP contribution in [0, 0.1) is 6.92 Å². The SMILES string of the molecule is CC(=O)N(CC(=O)NCCc1ccc(Cl)cc1Cl)c1cc(C)on1. The Bertz CT molecular complexity index is 746. The number of carbonyl (C=O) groups excluding carboxylic acids is 2. The fourth-order valence-electron chi connectivity index (χ4n) is 2.09. The van der Waals surface area contributed by atoms with Gasteiger partial charge in [-0.25, -0.2) is 0 Å². The lowest BCUT2D eigenvalue weighted by Crippen LogP contribution is -2.40. The third-order valence-corrected chi connectivity index (χ3v) is 3.89. The number of halogens is 2. The van der Waals surface area contributed by atoms with Gasteiger partial charge in [0.25, 0.3) is 0 Å². The summed E-state index contributed by atoms with van der Waals surface area (Å²) < 4.78 is 4.94. The Morgan fingerprint density at radius 1 is 1.29 bits per heavy atom. The molecule has 0 radical (unpaired) electrons. The van der Waals surface area contributed by atoms with Gasteiger partial charge < -0.3 is 9.84 Å². The first-order chi connectivity index (χ1) is 11.4. The first-order valence-electron chi connectivity index (χ1n) is 7.29. The summed E-state index contributed by atoms with van der Waals surface area (Å²) in [6.45, 7) is 3.34. The van der Waals surface area contributed by atoms with Crippen molar-refractivity contribution in [2.45, 2.75) is 20.3 Å². The molecule has 1 aromatic carbocycles. The van der Waals surface area contributed by atoms with Gasteiger partial charge in [0, 0.05) is 29.6 Å². The van der Waals surface area contributed by atoms with Crippen LogP contribution in [0.25, 0.3) is 0 Å². The summed E-state index contributed by atoms with van der Waals surface area (Å²) in [6.07, 6.45) is 0.560. The van der Waals surface area contributed by atoms with Gasteiger partial charge in [0.2, 0.25) is 11.8 Å². The first kappa shape index (κ1) is 18.3. The van der Waals surface area contributed by atoms with Gasteiger partial charge in [0.15, 0.2) is 5.82 Å². The molecule has 1 aromatic heterocycles. The van der Waals surface area contributed by atoms with Crippen molar-refractivity contribution in [3.8, 4) is 0 Å². The van der Waals surface area contributed by atoms with E-state index in [0.717, 1.165) is 5.56 Å². The molecule has 0 aliphatic carbocycles. The molecular formula is C16H17Cl2N3O3. The summed E-state index contributed by atoms with van der Waals surface area (Å²) in [4.78, 5) is 25.0. The molecule has 0 spiro atoms. The minimum Gasteiger partial charge on any atom is -0.360 e. The first-order valence-corrected chi connectivity index (χ1v) is 8.04. The third kappa shape index (κ3) is 4.97. The summed E-state index contributed by atoms with van der Waals surface area (Å²) in [5.41, 5.74) is 0.886. The average Bonchev–Trinajstić information content (AvgIpc) is 2.93. The molecule has 24 heavy (non-hydrogen) atoms. The molecule has 8 heteroatoms. The van der Waals surface area contributed by atoms with Gasteiger partial charge in [-0.15, -0.1) is 0 Å². The summed E-state index contributed by atoms with van der Waals surface area (Å²) >= 11 is 11.9. The van der Waals surface area contributed by atoms with Crippen molar-refractivity contribution >= 4 is 40.8 Å². The molecule has 2 aromatic rings. The van der Waals surface area contributed by atoms with E-state index in [9.17, 15) is 9.59 Å². The van der Waals surface area contributed by atoms with Crippen LogP contribution in [0.4, 0.5) is 5.82 Å². The molecule has 1 heterocycles. The average molecular weight is 370 g/mol. The van der Waals surface area contributed by atoms with Crippen LogP contribution in [-0.4, -0.2) is 30.1 Å². The van der Waals surface area contributed by atoms with Crippen molar-refractivity contribution < 1.29 is 14.1 Å². The highest BCUT2D eigenvalue weighted by molar-refractivity contribution is 6.35. The molecule has 0 aliphatic rings. The maximum atomic E-state index is 12.0. The number of aromatic nitrogens is 1. The molecule has 2 rings (SSSR count). The largest absolute Gasteiger partial charge is 0.360 e. The molecule has 0 bridgehead atoms. The van der Waals surface area contributed by atoms with E-state index in [1.807, 2.05) is 6.07 Å². The summed E-state index contributed by atoms with van der Waals surface area (Å²) in [5.74, 6) is 0.292. The van der Waals surface area contributed by atoms with Crippen molar-refractivity contribution in [3.63, 3.8) is 0 Å². The lowest BCUT2D eigenvalue weighted by atomic mass is 10.1. The summed E-state index contributed by atoms with van der Waals surface area (Å²) in [5, 5.41) is 7.63. The Morgan fingerprint density at radius 2 is 2.04 bits per heavy atom. The molecule has 0 unspecified atom stereocenters. The molecule has 0 saturated heterocycles. The van der Waals surface area contributed by atoms with E-state index in [-0.39, 0.29) is 18.4 Å².